The molecule has 0 saturated carbocycles. The van der Waals surface area contributed by atoms with Gasteiger partial charge in [0.15, 0.2) is 0 Å². The van der Waals surface area contributed by atoms with Crippen molar-refractivity contribution in [2.45, 2.75) is 77.9 Å². The van der Waals surface area contributed by atoms with E-state index in [1.807, 2.05) is 26.8 Å². The van der Waals surface area contributed by atoms with E-state index in [4.69, 9.17) is 9.84 Å². The van der Waals surface area contributed by atoms with Gasteiger partial charge >= 0.3 is 5.97 Å². The summed E-state index contributed by atoms with van der Waals surface area (Å²) in [5, 5.41) is 19.6. The van der Waals surface area contributed by atoms with Crippen molar-refractivity contribution < 1.29 is 19.7 Å². The SMILES string of the molecule is CC(C)=CCC/C1=C/CC[C@](C)(O)[C@@H](CC/C(C)=C/CO)OC1=O. The molecule has 0 bridgehead atoms. The van der Waals surface area contributed by atoms with Gasteiger partial charge in [0.2, 0.25) is 0 Å². The molecular weight excluding hydrogens is 304 g/mol. The summed E-state index contributed by atoms with van der Waals surface area (Å²) in [6.07, 6.45) is 9.21. The van der Waals surface area contributed by atoms with Crippen molar-refractivity contribution in [1.29, 1.82) is 0 Å². The molecule has 0 aliphatic carbocycles. The van der Waals surface area contributed by atoms with E-state index >= 15 is 0 Å². The number of rotatable bonds is 7. The minimum absolute atomic E-state index is 0.00390. The summed E-state index contributed by atoms with van der Waals surface area (Å²) in [4.78, 5) is 12.4. The van der Waals surface area contributed by atoms with E-state index in [1.54, 1.807) is 13.0 Å². The third kappa shape index (κ3) is 7.02. The second-order valence-corrected chi connectivity index (χ2v) is 7.11. The van der Waals surface area contributed by atoms with Gasteiger partial charge in [-0.05, 0) is 66.2 Å². The Labute approximate surface area is 145 Å². The molecule has 0 aromatic carbocycles. The van der Waals surface area contributed by atoms with Crippen LogP contribution < -0.4 is 0 Å². The minimum Gasteiger partial charge on any atom is -0.456 e. The van der Waals surface area contributed by atoms with E-state index < -0.39 is 11.7 Å². The summed E-state index contributed by atoms with van der Waals surface area (Å²) in [5.74, 6) is -0.314. The molecule has 0 fully saturated rings. The molecule has 4 heteroatoms. The second kappa shape index (κ2) is 9.80. The zero-order valence-electron chi connectivity index (χ0n) is 15.5. The summed E-state index contributed by atoms with van der Waals surface area (Å²) in [5.41, 5.74) is 1.94. The highest BCUT2D eigenvalue weighted by molar-refractivity contribution is 5.88. The molecule has 0 aromatic rings. The fourth-order valence-corrected chi connectivity index (χ4v) is 2.82. The Morgan fingerprint density at radius 3 is 2.71 bits per heavy atom. The quantitative estimate of drug-likeness (QED) is 0.548. The minimum atomic E-state index is -1.03. The van der Waals surface area contributed by atoms with Gasteiger partial charge in [0.05, 0.1) is 12.2 Å². The van der Waals surface area contributed by atoms with Crippen molar-refractivity contribution in [3.8, 4) is 0 Å². The van der Waals surface area contributed by atoms with Crippen LogP contribution in [0.15, 0.2) is 34.9 Å². The van der Waals surface area contributed by atoms with Crippen LogP contribution in [-0.4, -0.2) is 34.5 Å². The summed E-state index contributed by atoms with van der Waals surface area (Å²) in [6.45, 7) is 7.75. The fourth-order valence-electron chi connectivity index (χ4n) is 2.82. The predicted octanol–water partition coefficient (Wildman–Crippen LogP) is 3.83. The van der Waals surface area contributed by atoms with Crippen molar-refractivity contribution in [3.05, 3.63) is 34.9 Å². The number of esters is 1. The Hall–Kier alpha value is -1.39. The van der Waals surface area contributed by atoms with Crippen LogP contribution in [0.2, 0.25) is 0 Å². The summed E-state index contributed by atoms with van der Waals surface area (Å²) >= 11 is 0. The van der Waals surface area contributed by atoms with Crippen molar-refractivity contribution in [3.63, 3.8) is 0 Å². The van der Waals surface area contributed by atoms with E-state index in [0.717, 1.165) is 12.0 Å². The lowest BCUT2D eigenvalue weighted by Gasteiger charge is -2.34. The van der Waals surface area contributed by atoms with Gasteiger partial charge in [0, 0.05) is 5.57 Å². The molecule has 1 aliphatic rings. The van der Waals surface area contributed by atoms with Crippen LogP contribution >= 0.6 is 0 Å². The first kappa shape index (κ1) is 20.7. The molecule has 0 saturated heterocycles. The molecule has 0 unspecified atom stereocenters. The highest BCUT2D eigenvalue weighted by Crippen LogP contribution is 2.29. The number of aliphatic hydroxyl groups is 2. The smallest absolute Gasteiger partial charge is 0.334 e. The molecular formula is C20H32O4. The van der Waals surface area contributed by atoms with Gasteiger partial charge in [-0.1, -0.05) is 29.4 Å². The molecule has 0 amide bonds. The Morgan fingerprint density at radius 1 is 1.38 bits per heavy atom. The predicted molar refractivity (Wildman–Crippen MR) is 96.6 cm³/mol. The van der Waals surface area contributed by atoms with E-state index in [9.17, 15) is 9.90 Å². The number of hydrogen-bond acceptors (Lipinski definition) is 4. The van der Waals surface area contributed by atoms with Gasteiger partial charge < -0.3 is 14.9 Å². The van der Waals surface area contributed by atoms with Crippen LogP contribution in [-0.2, 0) is 9.53 Å². The lowest BCUT2D eigenvalue weighted by Crippen LogP contribution is -2.43. The second-order valence-electron chi connectivity index (χ2n) is 7.11. The number of ether oxygens (including phenoxy) is 1. The van der Waals surface area contributed by atoms with Gasteiger partial charge in [-0.2, -0.15) is 0 Å². The molecule has 2 atom stereocenters. The van der Waals surface area contributed by atoms with Crippen LogP contribution in [0.25, 0.3) is 0 Å². The van der Waals surface area contributed by atoms with Gasteiger partial charge in [-0.25, -0.2) is 4.79 Å². The van der Waals surface area contributed by atoms with Crippen molar-refractivity contribution >= 4 is 5.97 Å². The number of hydrogen-bond donors (Lipinski definition) is 2. The van der Waals surface area contributed by atoms with Crippen LogP contribution in [0.4, 0.5) is 0 Å². The van der Waals surface area contributed by atoms with Crippen molar-refractivity contribution in [2.24, 2.45) is 0 Å². The van der Waals surface area contributed by atoms with Gasteiger partial charge in [-0.3, -0.25) is 0 Å². The number of aliphatic hydroxyl groups excluding tert-OH is 1. The Morgan fingerprint density at radius 2 is 2.08 bits per heavy atom. The molecule has 0 aromatic heterocycles. The fraction of sp³-hybridized carbons (Fsp3) is 0.650. The molecule has 1 heterocycles. The molecule has 0 radical (unpaired) electrons. The molecule has 1 aliphatic heterocycles. The Balaban J connectivity index is 2.77. The highest BCUT2D eigenvalue weighted by atomic mass is 16.6. The maximum Gasteiger partial charge on any atom is 0.334 e. The van der Waals surface area contributed by atoms with E-state index in [1.165, 1.54) is 5.57 Å². The van der Waals surface area contributed by atoms with Gasteiger partial charge in [-0.15, -0.1) is 0 Å². The molecule has 24 heavy (non-hydrogen) atoms. The monoisotopic (exact) mass is 336 g/mol. The standard InChI is InChI=1S/C20H32O4/c1-15(2)7-5-8-17-9-6-13-20(4,23)18(24-19(17)22)11-10-16(3)12-14-21/h7,9,12,18,21,23H,5-6,8,10-11,13-14H2,1-4H3/b16-12+,17-9-/t18-,20+/m1/s1. The normalized spacial score (nSPS) is 27.6. The van der Waals surface area contributed by atoms with Gasteiger partial charge in [0.1, 0.15) is 6.10 Å². The Bertz CT molecular complexity index is 508. The molecule has 0 spiro atoms. The number of allylic oxidation sites excluding steroid dienone is 4. The zero-order valence-corrected chi connectivity index (χ0v) is 15.5. The van der Waals surface area contributed by atoms with Crippen LogP contribution in [0.3, 0.4) is 0 Å². The number of carbonyl (C=O) groups excluding carboxylic acids is 1. The van der Waals surface area contributed by atoms with Crippen LogP contribution in [0.1, 0.15) is 66.2 Å². The summed E-state index contributed by atoms with van der Waals surface area (Å²) in [6, 6.07) is 0. The largest absolute Gasteiger partial charge is 0.456 e. The van der Waals surface area contributed by atoms with E-state index in [-0.39, 0.29) is 12.6 Å². The lowest BCUT2D eigenvalue weighted by molar-refractivity contribution is -0.161. The van der Waals surface area contributed by atoms with Crippen molar-refractivity contribution in [1.82, 2.24) is 0 Å². The highest BCUT2D eigenvalue weighted by Gasteiger charge is 2.36. The van der Waals surface area contributed by atoms with Gasteiger partial charge in [0.25, 0.3) is 0 Å². The average molecular weight is 336 g/mol. The summed E-state index contributed by atoms with van der Waals surface area (Å²) < 4.78 is 5.64. The topological polar surface area (TPSA) is 66.8 Å². The third-order valence-electron chi connectivity index (χ3n) is 4.45. The maximum atomic E-state index is 12.4. The van der Waals surface area contributed by atoms with Crippen LogP contribution in [0.5, 0.6) is 0 Å². The van der Waals surface area contributed by atoms with E-state index in [2.05, 4.69) is 6.08 Å². The first-order chi connectivity index (χ1) is 11.3. The zero-order chi connectivity index (χ0) is 18.2. The first-order valence-electron chi connectivity index (χ1n) is 8.78. The van der Waals surface area contributed by atoms with E-state index in [0.29, 0.717) is 37.7 Å². The lowest BCUT2D eigenvalue weighted by atomic mass is 9.87. The summed E-state index contributed by atoms with van der Waals surface area (Å²) in [7, 11) is 0. The number of carbonyl (C=O) groups is 1. The molecule has 136 valence electrons. The van der Waals surface area contributed by atoms with Crippen molar-refractivity contribution in [2.75, 3.05) is 6.61 Å². The molecule has 2 N–H and O–H groups in total. The molecule has 4 nitrogen and oxygen atoms in total. The maximum absolute atomic E-state index is 12.4. The third-order valence-corrected chi connectivity index (χ3v) is 4.45. The number of cyclic esters (lactones) is 1. The molecule has 1 rings (SSSR count). The Kier molecular flexibility index (Phi) is 8.43. The first-order valence-corrected chi connectivity index (χ1v) is 8.78. The average Bonchev–Trinajstić information content (AvgIpc) is 2.48. The van der Waals surface area contributed by atoms with Crippen LogP contribution in [0, 0.1) is 0 Å².